The lowest BCUT2D eigenvalue weighted by atomic mass is 10.1. The van der Waals surface area contributed by atoms with E-state index in [4.69, 9.17) is 11.6 Å². The molecule has 0 bridgehead atoms. The average molecular weight is 396 g/mol. The summed E-state index contributed by atoms with van der Waals surface area (Å²) in [4.78, 5) is 24.3. The number of nitrogens with zero attached hydrogens (tertiary/aromatic N) is 2. The molecule has 0 aliphatic carbocycles. The van der Waals surface area contributed by atoms with E-state index in [1.165, 1.54) is 10.7 Å². The normalized spacial score (nSPS) is 10.7. The number of nitrogens with one attached hydrogen (secondary N) is 1. The zero-order chi connectivity index (χ0) is 20.1. The second-order valence-electron chi connectivity index (χ2n) is 6.81. The molecule has 2 aromatic carbocycles. The maximum absolute atomic E-state index is 12.2. The van der Waals surface area contributed by atoms with Crippen LogP contribution < -0.4 is 10.9 Å². The fourth-order valence-electron chi connectivity index (χ4n) is 3.04. The molecule has 0 saturated carbocycles. The number of carbonyl (C=O) groups is 1. The van der Waals surface area contributed by atoms with Gasteiger partial charge in [-0.15, -0.1) is 0 Å². The fourth-order valence-corrected chi connectivity index (χ4v) is 3.17. The Labute approximate surface area is 169 Å². The molecule has 0 aliphatic heterocycles. The lowest BCUT2D eigenvalue weighted by Gasteiger charge is -2.09. The van der Waals surface area contributed by atoms with E-state index in [1.807, 2.05) is 38.1 Å². The van der Waals surface area contributed by atoms with Crippen molar-refractivity contribution in [2.45, 2.75) is 33.2 Å². The van der Waals surface area contributed by atoms with Crippen molar-refractivity contribution in [1.82, 2.24) is 9.78 Å². The molecule has 1 amide bonds. The van der Waals surface area contributed by atoms with Crippen LogP contribution in [0.25, 0.3) is 11.3 Å². The molecule has 5 nitrogen and oxygen atoms in total. The first-order chi connectivity index (χ1) is 13.4. The third-order valence-electron chi connectivity index (χ3n) is 4.29. The first-order valence-corrected chi connectivity index (χ1v) is 9.51. The minimum Gasteiger partial charge on any atom is -0.326 e. The summed E-state index contributed by atoms with van der Waals surface area (Å²) < 4.78 is 1.40. The molecule has 0 atom stereocenters. The highest BCUT2D eigenvalue weighted by atomic mass is 35.5. The Morgan fingerprint density at radius 2 is 1.71 bits per heavy atom. The van der Waals surface area contributed by atoms with Crippen LogP contribution in [0.15, 0.2) is 59.4 Å². The third kappa shape index (κ3) is 5.30. The van der Waals surface area contributed by atoms with E-state index in [2.05, 4.69) is 16.5 Å². The van der Waals surface area contributed by atoms with E-state index >= 15 is 0 Å². The van der Waals surface area contributed by atoms with Crippen LogP contribution in [0.4, 0.5) is 5.69 Å². The van der Waals surface area contributed by atoms with Crippen molar-refractivity contribution in [3.8, 4) is 11.3 Å². The van der Waals surface area contributed by atoms with Crippen LogP contribution in [0.1, 0.15) is 24.0 Å². The number of hydrogen-bond donors (Lipinski definition) is 1. The van der Waals surface area contributed by atoms with Gasteiger partial charge in [-0.2, -0.15) is 5.10 Å². The number of carbonyl (C=O) groups excluding carboxylic acids is 1. The molecular formula is C22H22ClN3O2. The number of rotatable bonds is 6. The van der Waals surface area contributed by atoms with Crippen molar-refractivity contribution in [3.05, 3.63) is 81.1 Å². The van der Waals surface area contributed by atoms with Gasteiger partial charge in [0, 0.05) is 35.3 Å². The number of anilines is 1. The van der Waals surface area contributed by atoms with Gasteiger partial charge in [-0.3, -0.25) is 9.59 Å². The predicted octanol–water partition coefficient (Wildman–Crippen LogP) is 4.60. The summed E-state index contributed by atoms with van der Waals surface area (Å²) in [6.07, 6.45) is 0.833. The Bertz CT molecular complexity index is 1020. The van der Waals surface area contributed by atoms with Gasteiger partial charge in [0.25, 0.3) is 5.56 Å². The standard InChI is InChI=1S/C22H22ClN3O2/c1-15-12-16(2)14-19(13-15)24-21(27)4-3-11-26-22(28)10-9-20(25-26)17-5-7-18(23)8-6-17/h5-10,12-14H,3-4,11H2,1-2H3,(H,24,27). The summed E-state index contributed by atoms with van der Waals surface area (Å²) in [6.45, 7) is 4.36. The van der Waals surface area contributed by atoms with Gasteiger partial charge >= 0.3 is 0 Å². The summed E-state index contributed by atoms with van der Waals surface area (Å²) in [5.41, 5.74) is 4.38. The van der Waals surface area contributed by atoms with E-state index in [0.29, 0.717) is 30.1 Å². The summed E-state index contributed by atoms with van der Waals surface area (Å²) in [6, 6.07) is 16.4. The van der Waals surface area contributed by atoms with Crippen LogP contribution in [-0.2, 0) is 11.3 Å². The van der Waals surface area contributed by atoms with Crippen LogP contribution in [0.2, 0.25) is 5.02 Å². The molecule has 0 fully saturated rings. The second kappa shape index (κ2) is 8.85. The molecule has 0 aliphatic rings. The monoisotopic (exact) mass is 395 g/mol. The van der Waals surface area contributed by atoms with Crippen LogP contribution in [0.3, 0.4) is 0 Å². The summed E-state index contributed by atoms with van der Waals surface area (Å²) in [7, 11) is 0. The van der Waals surface area contributed by atoms with Crippen LogP contribution in [0, 0.1) is 13.8 Å². The van der Waals surface area contributed by atoms with Gasteiger partial charge in [0.2, 0.25) is 5.91 Å². The van der Waals surface area contributed by atoms with Gasteiger partial charge in [-0.25, -0.2) is 4.68 Å². The molecule has 28 heavy (non-hydrogen) atoms. The quantitative estimate of drug-likeness (QED) is 0.663. The van der Waals surface area contributed by atoms with E-state index in [-0.39, 0.29) is 11.5 Å². The summed E-state index contributed by atoms with van der Waals surface area (Å²) in [5.74, 6) is -0.0769. The van der Waals surface area contributed by atoms with Gasteiger partial charge in [0.05, 0.1) is 5.69 Å². The minimum absolute atomic E-state index is 0.0769. The predicted molar refractivity (Wildman–Crippen MR) is 113 cm³/mol. The van der Waals surface area contributed by atoms with E-state index < -0.39 is 0 Å². The van der Waals surface area contributed by atoms with Crippen LogP contribution in [0.5, 0.6) is 0 Å². The van der Waals surface area contributed by atoms with Gasteiger partial charge in [-0.05, 0) is 61.7 Å². The van der Waals surface area contributed by atoms with E-state index in [0.717, 1.165) is 22.4 Å². The lowest BCUT2D eigenvalue weighted by Crippen LogP contribution is -2.23. The molecule has 3 aromatic rings. The lowest BCUT2D eigenvalue weighted by molar-refractivity contribution is -0.116. The highest BCUT2D eigenvalue weighted by Crippen LogP contribution is 2.18. The van der Waals surface area contributed by atoms with E-state index in [1.54, 1.807) is 18.2 Å². The van der Waals surface area contributed by atoms with Gasteiger partial charge in [0.1, 0.15) is 0 Å². The first-order valence-electron chi connectivity index (χ1n) is 9.13. The van der Waals surface area contributed by atoms with Crippen molar-refractivity contribution >= 4 is 23.2 Å². The molecule has 1 aromatic heterocycles. The van der Waals surface area contributed by atoms with Crippen molar-refractivity contribution in [2.75, 3.05) is 5.32 Å². The fraction of sp³-hybridized carbons (Fsp3) is 0.227. The summed E-state index contributed by atoms with van der Waals surface area (Å²) >= 11 is 5.92. The molecule has 6 heteroatoms. The smallest absolute Gasteiger partial charge is 0.266 e. The van der Waals surface area contributed by atoms with Gasteiger partial charge < -0.3 is 5.32 Å². The molecular weight excluding hydrogens is 374 g/mol. The van der Waals surface area contributed by atoms with Crippen molar-refractivity contribution in [1.29, 1.82) is 0 Å². The SMILES string of the molecule is Cc1cc(C)cc(NC(=O)CCCn2nc(-c3ccc(Cl)cc3)ccc2=O)c1. The van der Waals surface area contributed by atoms with Gasteiger partial charge in [0.15, 0.2) is 0 Å². The highest BCUT2D eigenvalue weighted by Gasteiger charge is 2.07. The number of hydrogen-bond acceptors (Lipinski definition) is 3. The van der Waals surface area contributed by atoms with E-state index in [9.17, 15) is 9.59 Å². The maximum atomic E-state index is 12.2. The Hall–Kier alpha value is -2.92. The van der Waals surface area contributed by atoms with Gasteiger partial charge in [-0.1, -0.05) is 29.8 Å². The molecule has 0 spiro atoms. The van der Waals surface area contributed by atoms with Crippen molar-refractivity contribution < 1.29 is 4.79 Å². The topological polar surface area (TPSA) is 64.0 Å². The van der Waals surface area contributed by atoms with Crippen molar-refractivity contribution in [3.63, 3.8) is 0 Å². The zero-order valence-corrected chi connectivity index (χ0v) is 16.7. The van der Waals surface area contributed by atoms with Crippen LogP contribution in [-0.4, -0.2) is 15.7 Å². The number of benzene rings is 2. The highest BCUT2D eigenvalue weighted by molar-refractivity contribution is 6.30. The second-order valence-corrected chi connectivity index (χ2v) is 7.25. The Morgan fingerprint density at radius 3 is 2.39 bits per heavy atom. The maximum Gasteiger partial charge on any atom is 0.266 e. The Morgan fingerprint density at radius 1 is 1.04 bits per heavy atom. The van der Waals surface area contributed by atoms with Crippen molar-refractivity contribution in [2.24, 2.45) is 0 Å². The Balaban J connectivity index is 1.61. The number of halogens is 1. The molecule has 1 N–H and O–H groups in total. The largest absolute Gasteiger partial charge is 0.326 e. The first kappa shape index (κ1) is 19.8. The molecule has 1 heterocycles. The molecule has 0 radical (unpaired) electrons. The third-order valence-corrected chi connectivity index (χ3v) is 4.54. The average Bonchev–Trinajstić information content (AvgIpc) is 2.63. The molecule has 0 unspecified atom stereocenters. The summed E-state index contributed by atoms with van der Waals surface area (Å²) in [5, 5.41) is 7.96. The zero-order valence-electron chi connectivity index (χ0n) is 15.9. The van der Waals surface area contributed by atoms with Crippen LogP contribution >= 0.6 is 11.6 Å². The molecule has 144 valence electrons. The minimum atomic E-state index is -0.188. The number of amides is 1. The number of aromatic nitrogens is 2. The number of aryl methyl sites for hydroxylation is 3. The Kier molecular flexibility index (Phi) is 6.26. The molecule has 0 saturated heterocycles. The molecule has 3 rings (SSSR count).